The number of hydrogen-bond donors (Lipinski definition) is 0. The van der Waals surface area contributed by atoms with Gasteiger partial charge in [0.15, 0.2) is 5.13 Å². The van der Waals surface area contributed by atoms with Crippen molar-refractivity contribution in [2.75, 3.05) is 11.9 Å². The van der Waals surface area contributed by atoms with E-state index in [1.165, 1.54) is 27.7 Å². The van der Waals surface area contributed by atoms with Crippen LogP contribution in [0.15, 0.2) is 54.0 Å². The number of benzene rings is 2. The number of thiazole rings is 1. The van der Waals surface area contributed by atoms with Crippen LogP contribution >= 0.6 is 11.3 Å². The van der Waals surface area contributed by atoms with Crippen LogP contribution in [0.5, 0.6) is 0 Å². The molecule has 0 bridgehead atoms. The molecule has 110 valence electrons. The second-order valence-electron chi connectivity index (χ2n) is 5.73. The van der Waals surface area contributed by atoms with Gasteiger partial charge in [-0.25, -0.2) is 4.98 Å². The van der Waals surface area contributed by atoms with Crippen molar-refractivity contribution in [3.63, 3.8) is 0 Å². The molecule has 0 saturated heterocycles. The lowest BCUT2D eigenvalue weighted by molar-refractivity contribution is -0.119. The van der Waals surface area contributed by atoms with Crippen molar-refractivity contribution in [1.29, 1.82) is 0 Å². The maximum absolute atomic E-state index is 12.6. The summed E-state index contributed by atoms with van der Waals surface area (Å²) >= 11 is 1.50. The quantitative estimate of drug-likeness (QED) is 0.731. The fourth-order valence-corrected chi connectivity index (χ4v) is 3.72. The molecule has 1 aliphatic rings. The third-order valence-electron chi connectivity index (χ3n) is 4.37. The second kappa shape index (κ2) is 5.21. The molecule has 3 nitrogen and oxygen atoms in total. The molecule has 0 N–H and O–H groups in total. The van der Waals surface area contributed by atoms with E-state index in [0.717, 1.165) is 11.6 Å². The van der Waals surface area contributed by atoms with Crippen LogP contribution in [0.4, 0.5) is 5.13 Å². The highest BCUT2D eigenvalue weighted by molar-refractivity contribution is 7.13. The van der Waals surface area contributed by atoms with Crippen LogP contribution in [0.3, 0.4) is 0 Å². The normalized spacial score (nSPS) is 20.0. The van der Waals surface area contributed by atoms with Crippen LogP contribution in [0.1, 0.15) is 17.9 Å². The fraction of sp³-hybridized carbons (Fsp3) is 0.222. The van der Waals surface area contributed by atoms with Gasteiger partial charge in [-0.3, -0.25) is 9.69 Å². The number of carbonyl (C=O) groups is 1. The van der Waals surface area contributed by atoms with E-state index in [-0.39, 0.29) is 11.8 Å². The molecule has 1 fully saturated rings. The highest BCUT2D eigenvalue weighted by Gasteiger charge is 2.46. The zero-order valence-corrected chi connectivity index (χ0v) is 13.1. The first-order valence-corrected chi connectivity index (χ1v) is 8.28. The SMILES string of the molecule is CN(C(=O)C1CC1c1cccc2ccccc12)c1nccs1. The molecule has 1 heterocycles. The Morgan fingerprint density at radius 2 is 2.05 bits per heavy atom. The lowest BCUT2D eigenvalue weighted by Gasteiger charge is -2.14. The summed E-state index contributed by atoms with van der Waals surface area (Å²) in [6.07, 6.45) is 2.67. The first-order valence-electron chi connectivity index (χ1n) is 7.40. The van der Waals surface area contributed by atoms with Crippen molar-refractivity contribution in [2.24, 2.45) is 5.92 Å². The van der Waals surface area contributed by atoms with Crippen LogP contribution < -0.4 is 4.90 Å². The molecule has 22 heavy (non-hydrogen) atoms. The number of anilines is 1. The van der Waals surface area contributed by atoms with Gasteiger partial charge in [-0.05, 0) is 28.7 Å². The molecule has 1 aromatic heterocycles. The fourth-order valence-electron chi connectivity index (χ4n) is 3.11. The smallest absolute Gasteiger partial charge is 0.232 e. The maximum atomic E-state index is 12.6. The number of nitrogens with zero attached hydrogens (tertiary/aromatic N) is 2. The summed E-state index contributed by atoms with van der Waals surface area (Å²) in [4.78, 5) is 18.5. The number of fused-ring (bicyclic) bond motifs is 1. The molecule has 1 aliphatic carbocycles. The van der Waals surface area contributed by atoms with Gasteiger partial charge >= 0.3 is 0 Å². The molecule has 4 rings (SSSR count). The van der Waals surface area contributed by atoms with Crippen molar-refractivity contribution >= 4 is 33.1 Å². The summed E-state index contributed by atoms with van der Waals surface area (Å²) in [5, 5.41) is 5.18. The van der Waals surface area contributed by atoms with Gasteiger partial charge in [0.05, 0.1) is 0 Å². The number of carbonyl (C=O) groups excluding carboxylic acids is 1. The summed E-state index contributed by atoms with van der Waals surface area (Å²) in [5.74, 6) is 0.591. The number of aromatic nitrogens is 1. The zero-order valence-electron chi connectivity index (χ0n) is 12.3. The van der Waals surface area contributed by atoms with Gasteiger partial charge < -0.3 is 0 Å². The Kier molecular flexibility index (Phi) is 3.19. The lowest BCUT2D eigenvalue weighted by atomic mass is 10.00. The van der Waals surface area contributed by atoms with E-state index >= 15 is 0 Å². The van der Waals surface area contributed by atoms with Crippen LogP contribution in [0.2, 0.25) is 0 Å². The van der Waals surface area contributed by atoms with Gasteiger partial charge in [-0.15, -0.1) is 11.3 Å². The average molecular weight is 308 g/mol. The summed E-state index contributed by atoms with van der Waals surface area (Å²) in [5.41, 5.74) is 1.30. The number of amides is 1. The first kappa shape index (κ1) is 13.5. The monoisotopic (exact) mass is 308 g/mol. The molecular formula is C18H16N2OS. The van der Waals surface area contributed by atoms with E-state index in [9.17, 15) is 4.79 Å². The van der Waals surface area contributed by atoms with Crippen molar-refractivity contribution in [2.45, 2.75) is 12.3 Å². The minimum Gasteiger partial charge on any atom is -0.291 e. The molecule has 0 aliphatic heterocycles. The first-order chi connectivity index (χ1) is 10.8. The van der Waals surface area contributed by atoms with Gasteiger partial charge in [-0.1, -0.05) is 42.5 Å². The summed E-state index contributed by atoms with van der Waals surface area (Å²) in [6.45, 7) is 0. The molecular weight excluding hydrogens is 292 g/mol. The number of rotatable bonds is 3. The molecule has 3 aromatic rings. The zero-order chi connectivity index (χ0) is 15.1. The van der Waals surface area contributed by atoms with E-state index < -0.39 is 0 Å². The van der Waals surface area contributed by atoms with E-state index in [4.69, 9.17) is 0 Å². The summed E-state index contributed by atoms with van der Waals surface area (Å²) < 4.78 is 0. The van der Waals surface area contributed by atoms with Gasteiger partial charge in [0.2, 0.25) is 5.91 Å². The van der Waals surface area contributed by atoms with Crippen LogP contribution in [-0.4, -0.2) is 17.9 Å². The van der Waals surface area contributed by atoms with E-state index in [1.54, 1.807) is 11.1 Å². The minimum atomic E-state index is 0.0831. The van der Waals surface area contributed by atoms with Gasteiger partial charge in [-0.2, -0.15) is 0 Å². The second-order valence-corrected chi connectivity index (χ2v) is 6.60. The predicted octanol–water partition coefficient (Wildman–Crippen LogP) is 4.06. The Morgan fingerprint density at radius 1 is 1.23 bits per heavy atom. The topological polar surface area (TPSA) is 33.2 Å². The van der Waals surface area contributed by atoms with E-state index in [2.05, 4.69) is 47.4 Å². The molecule has 1 saturated carbocycles. The molecule has 0 spiro atoms. The van der Waals surface area contributed by atoms with Gasteiger partial charge in [0.25, 0.3) is 0 Å². The predicted molar refractivity (Wildman–Crippen MR) is 90.3 cm³/mol. The third kappa shape index (κ3) is 2.20. The van der Waals surface area contributed by atoms with E-state index in [0.29, 0.717) is 5.92 Å². The summed E-state index contributed by atoms with van der Waals surface area (Å²) in [6, 6.07) is 14.8. The largest absolute Gasteiger partial charge is 0.291 e. The van der Waals surface area contributed by atoms with Crippen molar-refractivity contribution in [3.05, 3.63) is 59.6 Å². The lowest BCUT2D eigenvalue weighted by Crippen LogP contribution is -2.28. The van der Waals surface area contributed by atoms with Gasteiger partial charge in [0.1, 0.15) is 0 Å². The van der Waals surface area contributed by atoms with Crippen molar-refractivity contribution < 1.29 is 4.79 Å². The highest BCUT2D eigenvalue weighted by atomic mass is 32.1. The van der Waals surface area contributed by atoms with Crippen molar-refractivity contribution in [3.8, 4) is 0 Å². The van der Waals surface area contributed by atoms with Gasteiger partial charge in [0, 0.05) is 24.5 Å². The molecule has 0 radical (unpaired) electrons. The van der Waals surface area contributed by atoms with Crippen LogP contribution in [-0.2, 0) is 4.79 Å². The van der Waals surface area contributed by atoms with E-state index in [1.807, 2.05) is 12.4 Å². The van der Waals surface area contributed by atoms with Crippen LogP contribution in [0, 0.1) is 5.92 Å². The van der Waals surface area contributed by atoms with Crippen LogP contribution in [0.25, 0.3) is 10.8 Å². The number of hydrogen-bond acceptors (Lipinski definition) is 3. The molecule has 2 unspecified atom stereocenters. The Hall–Kier alpha value is -2.20. The average Bonchev–Trinajstić information content (AvgIpc) is 3.16. The molecule has 1 amide bonds. The maximum Gasteiger partial charge on any atom is 0.232 e. The molecule has 2 aromatic carbocycles. The van der Waals surface area contributed by atoms with Crippen molar-refractivity contribution in [1.82, 2.24) is 4.98 Å². The Morgan fingerprint density at radius 3 is 2.86 bits per heavy atom. The third-order valence-corrected chi connectivity index (χ3v) is 5.22. The summed E-state index contributed by atoms with van der Waals surface area (Å²) in [7, 11) is 1.82. The minimum absolute atomic E-state index is 0.0831. The Balaban J connectivity index is 1.60. The highest BCUT2D eigenvalue weighted by Crippen LogP contribution is 2.50. The molecule has 4 heteroatoms. The Bertz CT molecular complexity index is 823. The standard InChI is InChI=1S/C18H16N2OS/c1-20(18-19-9-10-22-18)17(21)16-11-15(16)14-8-4-6-12-5-2-3-7-13(12)14/h2-10,15-16H,11H2,1H3. The Labute approximate surface area is 133 Å². The molecule has 2 atom stereocenters.